The zero-order valence-electron chi connectivity index (χ0n) is 7.71. The van der Waals surface area contributed by atoms with Gasteiger partial charge in [0.2, 0.25) is 0 Å². The average molecular weight is 170 g/mol. The Morgan fingerprint density at radius 1 is 1.50 bits per heavy atom. The van der Waals surface area contributed by atoms with Crippen LogP contribution < -0.4 is 5.84 Å². The molecule has 1 aliphatic rings. The summed E-state index contributed by atoms with van der Waals surface area (Å²) in [6.07, 6.45) is 1.82. The van der Waals surface area contributed by atoms with Crippen molar-refractivity contribution < 1.29 is 9.48 Å². The van der Waals surface area contributed by atoms with Gasteiger partial charge in [-0.25, -0.2) is 10.6 Å². The zero-order chi connectivity index (χ0) is 9.14. The molecule has 0 aromatic heterocycles. The lowest BCUT2D eigenvalue weighted by Gasteiger charge is -2.20. The van der Waals surface area contributed by atoms with Gasteiger partial charge in [0.05, 0.1) is 6.92 Å². The van der Waals surface area contributed by atoms with Gasteiger partial charge in [-0.15, -0.1) is 0 Å². The van der Waals surface area contributed by atoms with Crippen LogP contribution in [0.4, 0.5) is 0 Å². The molecule has 1 fully saturated rings. The highest BCUT2D eigenvalue weighted by molar-refractivity contribution is 5.85. The molecule has 1 saturated heterocycles. The van der Waals surface area contributed by atoms with Gasteiger partial charge in [0, 0.05) is 25.9 Å². The molecule has 0 aromatic carbocycles. The van der Waals surface area contributed by atoms with Gasteiger partial charge >= 0.3 is 5.91 Å². The van der Waals surface area contributed by atoms with E-state index in [1.54, 1.807) is 0 Å². The molecule has 0 aliphatic carbocycles. The lowest BCUT2D eigenvalue weighted by Crippen LogP contribution is -2.39. The van der Waals surface area contributed by atoms with Gasteiger partial charge in [-0.3, -0.25) is 0 Å². The first-order chi connectivity index (χ1) is 5.61. The molecule has 68 valence electrons. The van der Waals surface area contributed by atoms with E-state index in [0.29, 0.717) is 0 Å². The molecular weight excluding hydrogens is 154 g/mol. The molecule has 1 heterocycles. The molecule has 0 aromatic rings. The molecule has 0 bridgehead atoms. The van der Waals surface area contributed by atoms with E-state index in [0.717, 1.165) is 31.6 Å². The van der Waals surface area contributed by atoms with Crippen LogP contribution in [0.5, 0.6) is 0 Å². The predicted octanol–water partition coefficient (Wildman–Crippen LogP) is -0.414. The smallest absolute Gasteiger partial charge is 0.305 e. The Morgan fingerprint density at radius 3 is 2.42 bits per heavy atom. The topological polar surface area (TPSA) is 49.3 Å². The van der Waals surface area contributed by atoms with Gasteiger partial charge in [0.15, 0.2) is 5.71 Å². The molecule has 2 N–H and O–H groups in total. The zero-order valence-corrected chi connectivity index (χ0v) is 7.71. The second-order valence-electron chi connectivity index (χ2n) is 3.26. The number of carbonyl (C=O) groups is 1. The highest BCUT2D eigenvalue weighted by atomic mass is 16.2. The fourth-order valence-corrected chi connectivity index (χ4v) is 1.34. The number of rotatable bonds is 0. The Bertz CT molecular complexity index is 212. The normalized spacial score (nSPS) is 19.3. The van der Waals surface area contributed by atoms with Crippen LogP contribution >= 0.6 is 0 Å². The third-order valence-corrected chi connectivity index (χ3v) is 2.24. The minimum atomic E-state index is -0.0745. The van der Waals surface area contributed by atoms with Crippen LogP contribution in [0.2, 0.25) is 0 Å². The number of hydrazine groups is 1. The van der Waals surface area contributed by atoms with E-state index in [4.69, 9.17) is 5.84 Å². The van der Waals surface area contributed by atoms with Crippen molar-refractivity contribution in [2.24, 2.45) is 5.84 Å². The van der Waals surface area contributed by atoms with Crippen LogP contribution in [-0.2, 0) is 4.79 Å². The molecule has 0 spiro atoms. The highest BCUT2D eigenvalue weighted by Gasteiger charge is 2.21. The van der Waals surface area contributed by atoms with E-state index in [-0.39, 0.29) is 5.91 Å². The summed E-state index contributed by atoms with van der Waals surface area (Å²) in [7, 11) is 2.07. The van der Waals surface area contributed by atoms with Crippen molar-refractivity contribution >= 4 is 11.6 Å². The molecule has 1 rings (SSSR count). The molecule has 0 unspecified atom stereocenters. The summed E-state index contributed by atoms with van der Waals surface area (Å²) in [5.41, 5.74) is 1.06. The Hall–Kier alpha value is -0.900. The summed E-state index contributed by atoms with van der Waals surface area (Å²) in [5, 5.41) is 0. The van der Waals surface area contributed by atoms with Gasteiger partial charge in [-0.2, -0.15) is 0 Å². The second-order valence-corrected chi connectivity index (χ2v) is 3.26. The van der Waals surface area contributed by atoms with Crippen molar-refractivity contribution in [3.63, 3.8) is 0 Å². The van der Waals surface area contributed by atoms with Gasteiger partial charge < -0.3 is 4.90 Å². The Balaban J connectivity index is 2.64. The predicted molar refractivity (Wildman–Crippen MR) is 46.9 cm³/mol. The van der Waals surface area contributed by atoms with Crippen molar-refractivity contribution in [3.8, 4) is 0 Å². The summed E-state index contributed by atoms with van der Waals surface area (Å²) in [5.74, 6) is 5.49. The SMILES string of the molecule is CC(=O)[N+](N)=C1CCN(C)CC1. The molecule has 12 heavy (non-hydrogen) atoms. The van der Waals surface area contributed by atoms with E-state index in [1.165, 1.54) is 11.6 Å². The number of piperidine rings is 1. The lowest BCUT2D eigenvalue weighted by atomic mass is 10.1. The Kier molecular flexibility index (Phi) is 2.81. The number of hydrogen-bond acceptors (Lipinski definition) is 3. The van der Waals surface area contributed by atoms with Crippen LogP contribution in [0, 0.1) is 0 Å². The van der Waals surface area contributed by atoms with Crippen molar-refractivity contribution in [1.82, 2.24) is 4.90 Å². The minimum Gasteiger partial charge on any atom is -0.305 e. The Labute approximate surface area is 72.6 Å². The van der Waals surface area contributed by atoms with Crippen LogP contribution in [0.25, 0.3) is 0 Å². The van der Waals surface area contributed by atoms with E-state index >= 15 is 0 Å². The van der Waals surface area contributed by atoms with Gasteiger partial charge in [0.1, 0.15) is 0 Å². The number of carbonyl (C=O) groups excluding carboxylic acids is 1. The van der Waals surface area contributed by atoms with Crippen molar-refractivity contribution in [2.45, 2.75) is 19.8 Å². The van der Waals surface area contributed by atoms with Crippen LogP contribution in [-0.4, -0.2) is 41.3 Å². The average Bonchev–Trinajstić information content (AvgIpc) is 2.04. The monoisotopic (exact) mass is 170 g/mol. The molecule has 0 saturated carbocycles. The number of hydrazone groups is 1. The van der Waals surface area contributed by atoms with Crippen molar-refractivity contribution in [1.29, 1.82) is 0 Å². The van der Waals surface area contributed by atoms with Gasteiger partial charge in [0.25, 0.3) is 0 Å². The Morgan fingerprint density at radius 2 is 2.00 bits per heavy atom. The quantitative estimate of drug-likeness (QED) is 0.233. The minimum absolute atomic E-state index is 0.0745. The van der Waals surface area contributed by atoms with Crippen molar-refractivity contribution in [3.05, 3.63) is 0 Å². The van der Waals surface area contributed by atoms with Crippen LogP contribution in [0.1, 0.15) is 19.8 Å². The first-order valence-electron chi connectivity index (χ1n) is 4.20. The third kappa shape index (κ3) is 2.04. The fourth-order valence-electron chi connectivity index (χ4n) is 1.34. The standard InChI is InChI=1S/C8H16N3O/c1-7(12)11(9)8-3-5-10(2)6-4-8/h3-6,9H2,1-2H3/q+1. The van der Waals surface area contributed by atoms with Gasteiger partial charge in [-0.1, -0.05) is 4.68 Å². The molecule has 1 amide bonds. The summed E-state index contributed by atoms with van der Waals surface area (Å²) < 4.78 is 1.28. The maximum absolute atomic E-state index is 10.9. The van der Waals surface area contributed by atoms with E-state index in [9.17, 15) is 4.79 Å². The van der Waals surface area contributed by atoms with E-state index in [1.807, 2.05) is 0 Å². The highest BCUT2D eigenvalue weighted by Crippen LogP contribution is 2.03. The first kappa shape index (κ1) is 9.19. The van der Waals surface area contributed by atoms with Crippen molar-refractivity contribution in [2.75, 3.05) is 20.1 Å². The number of hydrogen-bond donors (Lipinski definition) is 1. The van der Waals surface area contributed by atoms with E-state index < -0.39 is 0 Å². The molecule has 0 atom stereocenters. The maximum Gasteiger partial charge on any atom is 0.411 e. The summed E-state index contributed by atoms with van der Waals surface area (Å²) in [6, 6.07) is 0. The summed E-state index contributed by atoms with van der Waals surface area (Å²) >= 11 is 0. The van der Waals surface area contributed by atoms with Gasteiger partial charge in [-0.05, 0) is 7.05 Å². The van der Waals surface area contributed by atoms with Crippen LogP contribution in [0.3, 0.4) is 0 Å². The van der Waals surface area contributed by atoms with Crippen LogP contribution in [0.15, 0.2) is 0 Å². The molecule has 0 radical (unpaired) electrons. The largest absolute Gasteiger partial charge is 0.411 e. The third-order valence-electron chi connectivity index (χ3n) is 2.24. The lowest BCUT2D eigenvalue weighted by molar-refractivity contribution is -0.460. The number of nitrogens with two attached hydrogens (primary N) is 1. The van der Waals surface area contributed by atoms with E-state index in [2.05, 4.69) is 11.9 Å². The number of amides is 1. The molecular formula is C8H16N3O+. The number of nitrogens with zero attached hydrogens (tertiary/aromatic N) is 2. The number of likely N-dealkylation sites (tertiary alicyclic amines) is 1. The molecule has 4 heteroatoms. The fraction of sp³-hybridized carbons (Fsp3) is 0.750. The summed E-state index contributed by atoms with van der Waals surface area (Å²) in [6.45, 7) is 3.48. The molecule has 4 nitrogen and oxygen atoms in total. The first-order valence-corrected chi connectivity index (χ1v) is 4.20. The summed E-state index contributed by atoms with van der Waals surface area (Å²) in [4.78, 5) is 13.1. The maximum atomic E-state index is 10.9. The molecule has 1 aliphatic heterocycles. The second kappa shape index (κ2) is 3.67.